The highest BCUT2D eigenvalue weighted by molar-refractivity contribution is 5.36. The minimum absolute atomic E-state index is 0.203. The molecule has 106 valence electrons. The number of hydrogen-bond acceptors (Lipinski definition) is 1. The van der Waals surface area contributed by atoms with Crippen LogP contribution in [0.5, 0.6) is 0 Å². The highest BCUT2D eigenvalue weighted by Crippen LogP contribution is 2.35. The third-order valence-corrected chi connectivity index (χ3v) is 4.66. The normalized spacial score (nSPS) is 19.4. The monoisotopic (exact) mass is 259 g/mol. The molecule has 19 heavy (non-hydrogen) atoms. The quantitative estimate of drug-likeness (QED) is 0.805. The van der Waals surface area contributed by atoms with E-state index in [1.165, 1.54) is 48.8 Å². The first-order chi connectivity index (χ1) is 8.89. The van der Waals surface area contributed by atoms with Gasteiger partial charge < -0.3 is 5.73 Å². The summed E-state index contributed by atoms with van der Waals surface area (Å²) in [4.78, 5) is 0. The van der Waals surface area contributed by atoms with Crippen molar-refractivity contribution in [3.63, 3.8) is 0 Å². The van der Waals surface area contributed by atoms with Crippen LogP contribution in [0, 0.1) is 12.8 Å². The van der Waals surface area contributed by atoms with E-state index < -0.39 is 0 Å². The predicted octanol–water partition coefficient (Wildman–Crippen LogP) is 4.87. The van der Waals surface area contributed by atoms with Crippen molar-refractivity contribution in [3.8, 4) is 0 Å². The van der Waals surface area contributed by atoms with E-state index in [1.54, 1.807) is 0 Å². The average Bonchev–Trinajstić information content (AvgIpc) is 2.38. The highest BCUT2D eigenvalue weighted by atomic mass is 14.7. The van der Waals surface area contributed by atoms with Gasteiger partial charge in [-0.15, -0.1) is 0 Å². The van der Waals surface area contributed by atoms with E-state index in [4.69, 9.17) is 5.73 Å². The standard InChI is InChI=1S/C18H29N/c1-13-10-11-15(18(2,3)4)12-16(13)17(19)14-8-6-5-7-9-14/h10-12,14,17H,5-9,19H2,1-4H3. The van der Waals surface area contributed by atoms with Gasteiger partial charge in [-0.25, -0.2) is 0 Å². The van der Waals surface area contributed by atoms with E-state index >= 15 is 0 Å². The second kappa shape index (κ2) is 5.66. The maximum atomic E-state index is 6.58. The molecule has 1 aliphatic carbocycles. The first kappa shape index (κ1) is 14.6. The minimum atomic E-state index is 0.203. The maximum Gasteiger partial charge on any atom is 0.0326 e. The van der Waals surface area contributed by atoms with Crippen LogP contribution >= 0.6 is 0 Å². The lowest BCUT2D eigenvalue weighted by Crippen LogP contribution is -2.25. The van der Waals surface area contributed by atoms with Crippen LogP contribution in [-0.2, 0) is 5.41 Å². The van der Waals surface area contributed by atoms with Crippen LogP contribution in [0.3, 0.4) is 0 Å². The van der Waals surface area contributed by atoms with Gasteiger partial charge in [0.25, 0.3) is 0 Å². The molecule has 1 unspecified atom stereocenters. The second-order valence-corrected chi connectivity index (χ2v) is 7.25. The lowest BCUT2D eigenvalue weighted by molar-refractivity contribution is 0.307. The van der Waals surface area contributed by atoms with Crippen LogP contribution in [0.4, 0.5) is 0 Å². The van der Waals surface area contributed by atoms with Gasteiger partial charge >= 0.3 is 0 Å². The van der Waals surface area contributed by atoms with Gasteiger partial charge in [0.05, 0.1) is 0 Å². The number of aryl methyl sites for hydroxylation is 1. The van der Waals surface area contributed by atoms with Crippen molar-refractivity contribution < 1.29 is 0 Å². The Kier molecular flexibility index (Phi) is 4.35. The molecule has 2 rings (SSSR count). The number of rotatable bonds is 2. The molecule has 1 heteroatoms. The molecule has 0 aliphatic heterocycles. The summed E-state index contributed by atoms with van der Waals surface area (Å²) < 4.78 is 0. The van der Waals surface area contributed by atoms with Crippen molar-refractivity contribution in [2.45, 2.75) is 71.3 Å². The molecule has 1 aliphatic rings. The molecule has 0 aromatic heterocycles. The van der Waals surface area contributed by atoms with E-state index in [1.807, 2.05) is 0 Å². The zero-order valence-corrected chi connectivity index (χ0v) is 13.0. The Bertz CT molecular complexity index is 422. The molecular formula is C18H29N. The van der Waals surface area contributed by atoms with Gasteiger partial charge in [0.1, 0.15) is 0 Å². The third-order valence-electron chi connectivity index (χ3n) is 4.66. The second-order valence-electron chi connectivity index (χ2n) is 7.25. The minimum Gasteiger partial charge on any atom is -0.324 e. The fourth-order valence-corrected chi connectivity index (χ4v) is 3.21. The molecular weight excluding hydrogens is 230 g/mol. The Balaban J connectivity index is 2.27. The van der Waals surface area contributed by atoms with E-state index in [2.05, 4.69) is 45.9 Å². The Labute approximate surface area is 118 Å². The van der Waals surface area contributed by atoms with Gasteiger partial charge in [-0.2, -0.15) is 0 Å². The Morgan fingerprint density at radius 3 is 2.32 bits per heavy atom. The molecule has 2 N–H and O–H groups in total. The van der Waals surface area contributed by atoms with Crippen LogP contribution in [0.25, 0.3) is 0 Å². The number of nitrogens with two attached hydrogens (primary N) is 1. The van der Waals surface area contributed by atoms with Crippen LogP contribution in [0.1, 0.15) is 75.6 Å². The summed E-state index contributed by atoms with van der Waals surface area (Å²) in [6.07, 6.45) is 6.72. The van der Waals surface area contributed by atoms with Crippen LogP contribution in [0.15, 0.2) is 18.2 Å². The fourth-order valence-electron chi connectivity index (χ4n) is 3.21. The zero-order chi connectivity index (χ0) is 14.0. The molecule has 0 amide bonds. The van der Waals surface area contributed by atoms with Crippen LogP contribution in [0.2, 0.25) is 0 Å². The van der Waals surface area contributed by atoms with Gasteiger partial charge in [-0.3, -0.25) is 0 Å². The Morgan fingerprint density at radius 2 is 1.74 bits per heavy atom. The molecule has 0 bridgehead atoms. The van der Waals surface area contributed by atoms with Crippen molar-refractivity contribution in [2.24, 2.45) is 11.7 Å². The largest absolute Gasteiger partial charge is 0.324 e. The lowest BCUT2D eigenvalue weighted by atomic mass is 9.78. The molecule has 0 spiro atoms. The smallest absolute Gasteiger partial charge is 0.0326 e. The summed E-state index contributed by atoms with van der Waals surface area (Å²) >= 11 is 0. The Morgan fingerprint density at radius 1 is 1.11 bits per heavy atom. The number of benzene rings is 1. The summed E-state index contributed by atoms with van der Waals surface area (Å²) in [5, 5.41) is 0. The summed E-state index contributed by atoms with van der Waals surface area (Å²) in [6, 6.07) is 7.09. The Hall–Kier alpha value is -0.820. The van der Waals surface area contributed by atoms with E-state index in [9.17, 15) is 0 Å². The molecule has 1 aromatic carbocycles. The summed E-state index contributed by atoms with van der Waals surface area (Å²) in [7, 11) is 0. The first-order valence-corrected chi connectivity index (χ1v) is 7.76. The van der Waals surface area contributed by atoms with Crippen LogP contribution in [-0.4, -0.2) is 0 Å². The lowest BCUT2D eigenvalue weighted by Gasteiger charge is -2.30. The topological polar surface area (TPSA) is 26.0 Å². The molecule has 0 heterocycles. The van der Waals surface area contributed by atoms with Crippen molar-refractivity contribution in [2.75, 3.05) is 0 Å². The van der Waals surface area contributed by atoms with E-state index in [0.717, 1.165) is 0 Å². The zero-order valence-electron chi connectivity index (χ0n) is 13.0. The van der Waals surface area contributed by atoms with Gasteiger partial charge in [0.2, 0.25) is 0 Å². The third kappa shape index (κ3) is 3.39. The molecule has 1 atom stereocenters. The summed E-state index contributed by atoms with van der Waals surface area (Å²) in [6.45, 7) is 9.01. The van der Waals surface area contributed by atoms with Crippen molar-refractivity contribution in [3.05, 3.63) is 34.9 Å². The highest BCUT2D eigenvalue weighted by Gasteiger charge is 2.24. The van der Waals surface area contributed by atoms with Crippen molar-refractivity contribution in [1.82, 2.24) is 0 Å². The van der Waals surface area contributed by atoms with Gasteiger partial charge in [-0.05, 0) is 47.8 Å². The van der Waals surface area contributed by atoms with E-state index in [-0.39, 0.29) is 11.5 Å². The SMILES string of the molecule is Cc1ccc(C(C)(C)C)cc1C(N)C1CCCCC1. The average molecular weight is 259 g/mol. The summed E-state index contributed by atoms with van der Waals surface area (Å²) in [5.74, 6) is 0.683. The van der Waals surface area contributed by atoms with E-state index in [0.29, 0.717) is 5.92 Å². The van der Waals surface area contributed by atoms with Gasteiger partial charge in [0, 0.05) is 6.04 Å². The first-order valence-electron chi connectivity index (χ1n) is 7.76. The van der Waals surface area contributed by atoms with Crippen molar-refractivity contribution in [1.29, 1.82) is 0 Å². The number of hydrogen-bond donors (Lipinski definition) is 1. The maximum absolute atomic E-state index is 6.58. The summed E-state index contributed by atoms with van der Waals surface area (Å²) in [5.41, 5.74) is 10.9. The molecule has 1 aromatic rings. The molecule has 1 saturated carbocycles. The van der Waals surface area contributed by atoms with Gasteiger partial charge in [0.15, 0.2) is 0 Å². The molecule has 0 radical (unpaired) electrons. The molecule has 1 nitrogen and oxygen atoms in total. The molecule has 0 saturated heterocycles. The van der Waals surface area contributed by atoms with Gasteiger partial charge in [-0.1, -0.05) is 58.2 Å². The van der Waals surface area contributed by atoms with Crippen molar-refractivity contribution >= 4 is 0 Å². The predicted molar refractivity (Wildman–Crippen MR) is 83.4 cm³/mol. The fraction of sp³-hybridized carbons (Fsp3) is 0.667. The van der Waals surface area contributed by atoms with Crippen LogP contribution < -0.4 is 5.73 Å². The molecule has 1 fully saturated rings.